The van der Waals surface area contributed by atoms with Gasteiger partial charge in [0.2, 0.25) is 0 Å². The molecule has 3 aliphatic rings. The first-order valence-corrected chi connectivity index (χ1v) is 9.01. The summed E-state index contributed by atoms with van der Waals surface area (Å²) in [4.78, 5) is 12.5. The predicted octanol–water partition coefficient (Wildman–Crippen LogP) is 2.28. The van der Waals surface area contributed by atoms with Crippen LogP contribution in [0, 0.1) is 5.41 Å². The zero-order chi connectivity index (χ0) is 16.6. The molecule has 5 heteroatoms. The molecule has 0 radical (unpaired) electrons. The van der Waals surface area contributed by atoms with E-state index in [-0.39, 0.29) is 23.5 Å². The normalized spacial score (nSPS) is 28.7. The molecule has 2 saturated carbocycles. The van der Waals surface area contributed by atoms with Crippen molar-refractivity contribution in [3.05, 3.63) is 29.8 Å². The molecule has 1 aromatic rings. The van der Waals surface area contributed by atoms with Gasteiger partial charge in [-0.05, 0) is 62.8 Å². The molecule has 24 heavy (non-hydrogen) atoms. The summed E-state index contributed by atoms with van der Waals surface area (Å²) in [6.07, 6.45) is 5.76. The monoisotopic (exact) mass is 331 g/mol. The van der Waals surface area contributed by atoms with Crippen molar-refractivity contribution in [1.29, 1.82) is 0 Å². The van der Waals surface area contributed by atoms with Gasteiger partial charge in [-0.2, -0.15) is 0 Å². The number of ether oxygens (including phenoxy) is 2. The number of amides is 1. The molecule has 5 nitrogen and oxygen atoms in total. The highest BCUT2D eigenvalue weighted by Gasteiger charge is 2.55. The summed E-state index contributed by atoms with van der Waals surface area (Å²) in [7, 11) is 0. The van der Waals surface area contributed by atoms with Crippen LogP contribution in [-0.4, -0.2) is 42.5 Å². The Morgan fingerprint density at radius 3 is 2.50 bits per heavy atom. The van der Waals surface area contributed by atoms with Gasteiger partial charge in [0.05, 0.1) is 12.2 Å². The van der Waals surface area contributed by atoms with E-state index in [4.69, 9.17) is 9.47 Å². The Hall–Kier alpha value is -1.59. The number of hydrogen-bond donors (Lipinski definition) is 2. The summed E-state index contributed by atoms with van der Waals surface area (Å²) in [5, 5.41) is 13.3. The first-order valence-electron chi connectivity index (χ1n) is 9.01. The zero-order valence-corrected chi connectivity index (χ0v) is 13.9. The molecule has 1 amide bonds. The average molecular weight is 331 g/mol. The van der Waals surface area contributed by atoms with Crippen molar-refractivity contribution in [2.75, 3.05) is 13.2 Å². The van der Waals surface area contributed by atoms with Crippen LogP contribution in [0.4, 0.5) is 0 Å². The summed E-state index contributed by atoms with van der Waals surface area (Å²) in [6.45, 7) is 1.33. The molecule has 1 aromatic carbocycles. The molecule has 130 valence electrons. The molecule has 1 aliphatic heterocycles. The summed E-state index contributed by atoms with van der Waals surface area (Å²) < 4.78 is 11.2. The first kappa shape index (κ1) is 15.9. The summed E-state index contributed by atoms with van der Waals surface area (Å²) >= 11 is 0. The number of rotatable bonds is 4. The Morgan fingerprint density at radius 2 is 1.92 bits per heavy atom. The molecule has 2 aliphatic carbocycles. The van der Waals surface area contributed by atoms with Crippen LogP contribution in [0.5, 0.6) is 5.75 Å². The molecule has 4 rings (SSSR count). The number of carbonyl (C=O) groups is 1. The highest BCUT2D eigenvalue weighted by Crippen LogP contribution is 2.49. The minimum absolute atomic E-state index is 0.0369. The van der Waals surface area contributed by atoms with Crippen molar-refractivity contribution in [3.63, 3.8) is 0 Å². The van der Waals surface area contributed by atoms with E-state index in [0.717, 1.165) is 31.4 Å². The van der Waals surface area contributed by atoms with E-state index in [1.165, 1.54) is 6.42 Å². The second-order valence-electron chi connectivity index (χ2n) is 7.32. The van der Waals surface area contributed by atoms with Crippen LogP contribution >= 0.6 is 0 Å². The SMILES string of the molecule is O=C(N[C@@H]1C[C@@H](O)C12CCOCC2)c1ccc(OC2CCC2)cc1. The van der Waals surface area contributed by atoms with Gasteiger partial charge in [0, 0.05) is 30.2 Å². The Bertz CT molecular complexity index is 590. The standard InChI is InChI=1S/C19H25NO4/c21-17-12-16(19(17)8-10-23-11-9-19)20-18(22)13-4-6-15(7-5-13)24-14-2-1-3-14/h4-7,14,16-17,21H,1-3,8-12H2,(H,20,22)/t16-,17-/m1/s1. The Balaban J connectivity index is 1.37. The van der Waals surface area contributed by atoms with Crippen molar-refractivity contribution in [3.8, 4) is 5.75 Å². The second-order valence-corrected chi connectivity index (χ2v) is 7.32. The number of nitrogens with one attached hydrogen (secondary N) is 1. The Morgan fingerprint density at radius 1 is 1.21 bits per heavy atom. The van der Waals surface area contributed by atoms with E-state index >= 15 is 0 Å². The molecule has 1 saturated heterocycles. The summed E-state index contributed by atoms with van der Waals surface area (Å²) in [5.74, 6) is 0.754. The van der Waals surface area contributed by atoms with Gasteiger partial charge in [-0.25, -0.2) is 0 Å². The van der Waals surface area contributed by atoms with Gasteiger partial charge in [-0.1, -0.05) is 0 Å². The van der Waals surface area contributed by atoms with Crippen LogP contribution < -0.4 is 10.1 Å². The third-order valence-corrected chi connectivity index (χ3v) is 6.02. The number of hydrogen-bond acceptors (Lipinski definition) is 4. The van der Waals surface area contributed by atoms with E-state index in [1.807, 2.05) is 24.3 Å². The van der Waals surface area contributed by atoms with Gasteiger partial charge in [-0.3, -0.25) is 4.79 Å². The molecule has 0 bridgehead atoms. The first-order chi connectivity index (χ1) is 11.7. The maximum Gasteiger partial charge on any atom is 0.251 e. The van der Waals surface area contributed by atoms with E-state index in [1.54, 1.807) is 0 Å². The quantitative estimate of drug-likeness (QED) is 0.888. The lowest BCUT2D eigenvalue weighted by molar-refractivity contribution is -0.145. The molecule has 0 unspecified atom stereocenters. The molecular weight excluding hydrogens is 306 g/mol. The summed E-state index contributed by atoms with van der Waals surface area (Å²) in [6, 6.07) is 7.40. The van der Waals surface area contributed by atoms with E-state index < -0.39 is 0 Å². The van der Waals surface area contributed by atoms with Gasteiger partial charge in [0.15, 0.2) is 0 Å². The number of benzene rings is 1. The molecule has 3 fully saturated rings. The maximum atomic E-state index is 12.5. The fourth-order valence-corrected chi connectivity index (χ4v) is 4.01. The minimum Gasteiger partial charge on any atom is -0.490 e. The number of aliphatic hydroxyl groups excluding tert-OH is 1. The smallest absolute Gasteiger partial charge is 0.251 e. The lowest BCUT2D eigenvalue weighted by Gasteiger charge is -2.55. The Labute approximate surface area is 142 Å². The van der Waals surface area contributed by atoms with Crippen LogP contribution in [0.15, 0.2) is 24.3 Å². The third kappa shape index (κ3) is 2.80. The van der Waals surface area contributed by atoms with E-state index in [0.29, 0.717) is 31.3 Å². The molecule has 1 spiro atoms. The van der Waals surface area contributed by atoms with Crippen LogP contribution in [-0.2, 0) is 4.74 Å². The number of aliphatic hydroxyl groups is 1. The molecular formula is C19H25NO4. The largest absolute Gasteiger partial charge is 0.490 e. The third-order valence-electron chi connectivity index (χ3n) is 6.02. The van der Waals surface area contributed by atoms with Gasteiger partial charge >= 0.3 is 0 Å². The van der Waals surface area contributed by atoms with Gasteiger partial charge in [0.1, 0.15) is 5.75 Å². The van der Waals surface area contributed by atoms with Gasteiger partial charge < -0.3 is 19.9 Å². The Kier molecular flexibility index (Phi) is 4.22. The topological polar surface area (TPSA) is 67.8 Å². The fourth-order valence-electron chi connectivity index (χ4n) is 4.01. The van der Waals surface area contributed by atoms with Crippen molar-refractivity contribution in [2.24, 2.45) is 5.41 Å². The molecule has 0 aromatic heterocycles. The maximum absolute atomic E-state index is 12.5. The highest BCUT2D eigenvalue weighted by molar-refractivity contribution is 5.94. The minimum atomic E-state index is -0.329. The summed E-state index contributed by atoms with van der Waals surface area (Å²) in [5.41, 5.74) is 0.445. The van der Waals surface area contributed by atoms with Crippen LogP contribution in [0.25, 0.3) is 0 Å². The van der Waals surface area contributed by atoms with Crippen LogP contribution in [0.2, 0.25) is 0 Å². The molecule has 2 atom stereocenters. The van der Waals surface area contributed by atoms with Crippen molar-refractivity contribution >= 4 is 5.91 Å². The van der Waals surface area contributed by atoms with Crippen molar-refractivity contribution in [1.82, 2.24) is 5.32 Å². The van der Waals surface area contributed by atoms with Crippen molar-refractivity contribution < 1.29 is 19.4 Å². The van der Waals surface area contributed by atoms with E-state index in [2.05, 4.69) is 5.32 Å². The fraction of sp³-hybridized carbons (Fsp3) is 0.632. The molecule has 2 N–H and O–H groups in total. The lowest BCUT2D eigenvalue weighted by atomic mass is 9.58. The van der Waals surface area contributed by atoms with Crippen LogP contribution in [0.3, 0.4) is 0 Å². The zero-order valence-electron chi connectivity index (χ0n) is 13.9. The average Bonchev–Trinajstić information content (AvgIpc) is 2.59. The predicted molar refractivity (Wildman–Crippen MR) is 89.1 cm³/mol. The lowest BCUT2D eigenvalue weighted by Crippen LogP contribution is -2.65. The molecule has 1 heterocycles. The van der Waals surface area contributed by atoms with Gasteiger partial charge in [0.25, 0.3) is 5.91 Å². The van der Waals surface area contributed by atoms with Gasteiger partial charge in [-0.15, -0.1) is 0 Å². The second kappa shape index (κ2) is 6.37. The van der Waals surface area contributed by atoms with Crippen LogP contribution in [0.1, 0.15) is 48.9 Å². The van der Waals surface area contributed by atoms with E-state index in [9.17, 15) is 9.90 Å². The number of carbonyl (C=O) groups excluding carboxylic acids is 1. The van der Waals surface area contributed by atoms with Crippen molar-refractivity contribution in [2.45, 2.75) is 56.8 Å². The highest BCUT2D eigenvalue weighted by atomic mass is 16.5.